The van der Waals surface area contributed by atoms with Crippen LogP contribution in [0.15, 0.2) is 18.2 Å². The van der Waals surface area contributed by atoms with Crippen molar-refractivity contribution in [2.24, 2.45) is 5.92 Å². The van der Waals surface area contributed by atoms with Crippen LogP contribution >= 0.6 is 0 Å². The molecule has 2 nitrogen and oxygen atoms in total. The lowest BCUT2D eigenvalue weighted by atomic mass is 9.82. The highest BCUT2D eigenvalue weighted by atomic mass is 19.4. The van der Waals surface area contributed by atoms with Gasteiger partial charge in [-0.15, -0.1) is 0 Å². The van der Waals surface area contributed by atoms with Gasteiger partial charge < -0.3 is 5.32 Å². The molecule has 0 saturated heterocycles. The Kier molecular flexibility index (Phi) is 3.68. The number of nitrogens with one attached hydrogen (secondary N) is 1. The van der Waals surface area contributed by atoms with E-state index in [2.05, 4.69) is 5.32 Å². The Labute approximate surface area is 121 Å². The fourth-order valence-corrected chi connectivity index (χ4v) is 3.66. The minimum atomic E-state index is -4.43. The van der Waals surface area contributed by atoms with Crippen LogP contribution in [-0.4, -0.2) is 5.91 Å². The van der Waals surface area contributed by atoms with Crippen molar-refractivity contribution in [3.8, 4) is 0 Å². The van der Waals surface area contributed by atoms with Crippen molar-refractivity contribution in [2.75, 3.05) is 5.32 Å². The van der Waals surface area contributed by atoms with Crippen molar-refractivity contribution in [1.29, 1.82) is 0 Å². The van der Waals surface area contributed by atoms with E-state index in [9.17, 15) is 18.0 Å². The minimum absolute atomic E-state index is 0.0238. The Balaban J connectivity index is 1.98. The molecule has 1 heterocycles. The Morgan fingerprint density at radius 3 is 2.33 bits per heavy atom. The second-order valence-electron chi connectivity index (χ2n) is 5.99. The van der Waals surface area contributed by atoms with Crippen LogP contribution in [0, 0.1) is 5.92 Å². The molecule has 0 radical (unpaired) electrons. The van der Waals surface area contributed by atoms with Crippen molar-refractivity contribution in [3.63, 3.8) is 0 Å². The zero-order valence-corrected chi connectivity index (χ0v) is 11.7. The first-order valence-electron chi connectivity index (χ1n) is 7.49. The number of amides is 1. The van der Waals surface area contributed by atoms with E-state index in [0.717, 1.165) is 44.6 Å². The van der Waals surface area contributed by atoms with Gasteiger partial charge in [0.1, 0.15) is 0 Å². The lowest BCUT2D eigenvalue weighted by Crippen LogP contribution is -2.20. The highest BCUT2D eigenvalue weighted by Gasteiger charge is 2.42. The topological polar surface area (TPSA) is 29.1 Å². The number of hydrogen-bond donors (Lipinski definition) is 1. The van der Waals surface area contributed by atoms with Gasteiger partial charge in [0.15, 0.2) is 0 Å². The summed E-state index contributed by atoms with van der Waals surface area (Å²) in [5.41, 5.74) is -0.226. The molecule has 5 heteroatoms. The van der Waals surface area contributed by atoms with Crippen LogP contribution in [0.25, 0.3) is 0 Å². The van der Waals surface area contributed by atoms with Gasteiger partial charge in [-0.1, -0.05) is 37.8 Å². The van der Waals surface area contributed by atoms with Gasteiger partial charge in [-0.3, -0.25) is 4.79 Å². The molecule has 21 heavy (non-hydrogen) atoms. The van der Waals surface area contributed by atoms with Gasteiger partial charge >= 0.3 is 6.18 Å². The fourth-order valence-electron chi connectivity index (χ4n) is 3.66. The molecule has 114 valence electrons. The maximum Gasteiger partial charge on any atom is 0.418 e. The van der Waals surface area contributed by atoms with E-state index in [4.69, 9.17) is 0 Å². The molecule has 0 aromatic heterocycles. The molecule has 1 aliphatic heterocycles. The average molecular weight is 297 g/mol. The van der Waals surface area contributed by atoms with E-state index in [1.165, 1.54) is 6.07 Å². The lowest BCUT2D eigenvalue weighted by Gasteiger charge is -2.20. The number of para-hydroxylation sites is 1. The van der Waals surface area contributed by atoms with E-state index >= 15 is 0 Å². The largest absolute Gasteiger partial charge is 0.418 e. The summed E-state index contributed by atoms with van der Waals surface area (Å²) in [6.07, 6.45) is 1.84. The summed E-state index contributed by atoms with van der Waals surface area (Å²) < 4.78 is 39.2. The molecule has 0 bridgehead atoms. The number of alkyl halides is 3. The van der Waals surface area contributed by atoms with Gasteiger partial charge in [-0.2, -0.15) is 13.2 Å². The molecule has 1 N–H and O–H groups in total. The Bertz CT molecular complexity index is 545. The average Bonchev–Trinajstić information content (AvgIpc) is 2.61. The normalized spacial score (nSPS) is 23.6. The number of rotatable bonds is 1. The molecule has 1 saturated carbocycles. The van der Waals surface area contributed by atoms with Gasteiger partial charge in [0.25, 0.3) is 0 Å². The minimum Gasteiger partial charge on any atom is -0.325 e. The number of hydrogen-bond acceptors (Lipinski definition) is 1. The fraction of sp³-hybridized carbons (Fsp3) is 0.562. The van der Waals surface area contributed by atoms with Crippen molar-refractivity contribution in [1.82, 2.24) is 0 Å². The van der Waals surface area contributed by atoms with Crippen LogP contribution in [0.4, 0.5) is 18.9 Å². The third-order valence-electron chi connectivity index (χ3n) is 4.64. The van der Waals surface area contributed by atoms with E-state index in [0.29, 0.717) is 5.56 Å². The van der Waals surface area contributed by atoms with E-state index < -0.39 is 17.7 Å². The lowest BCUT2D eigenvalue weighted by molar-refractivity contribution is -0.136. The molecule has 1 atom stereocenters. The van der Waals surface area contributed by atoms with Crippen molar-refractivity contribution in [3.05, 3.63) is 29.3 Å². The molecule has 1 amide bonds. The zero-order chi connectivity index (χ0) is 15.0. The van der Waals surface area contributed by atoms with E-state index in [-0.39, 0.29) is 17.5 Å². The van der Waals surface area contributed by atoms with Gasteiger partial charge in [0.2, 0.25) is 5.91 Å². The van der Waals surface area contributed by atoms with Crippen LogP contribution in [0.5, 0.6) is 0 Å². The smallest absolute Gasteiger partial charge is 0.325 e. The molecule has 2 aliphatic rings. The Morgan fingerprint density at radius 1 is 1.05 bits per heavy atom. The van der Waals surface area contributed by atoms with Crippen LogP contribution in [0.2, 0.25) is 0 Å². The van der Waals surface area contributed by atoms with Gasteiger partial charge in [0, 0.05) is 0 Å². The Hall–Kier alpha value is -1.52. The van der Waals surface area contributed by atoms with Gasteiger partial charge in [-0.05, 0) is 30.4 Å². The third kappa shape index (κ3) is 2.65. The first-order valence-corrected chi connectivity index (χ1v) is 7.49. The molecule has 1 aromatic carbocycles. The molecule has 1 aliphatic carbocycles. The predicted molar refractivity (Wildman–Crippen MR) is 74.0 cm³/mol. The monoisotopic (exact) mass is 297 g/mol. The molecule has 3 rings (SSSR count). The number of carbonyl (C=O) groups is 1. The van der Waals surface area contributed by atoms with Crippen LogP contribution in [0.3, 0.4) is 0 Å². The summed E-state index contributed by atoms with van der Waals surface area (Å²) in [7, 11) is 0. The number of carbonyl (C=O) groups excluding carboxylic acids is 1. The summed E-state index contributed by atoms with van der Waals surface area (Å²) in [6.45, 7) is 0. The number of halogens is 3. The highest BCUT2D eigenvalue weighted by Crippen LogP contribution is 2.47. The van der Waals surface area contributed by atoms with Crippen LogP contribution in [0.1, 0.15) is 55.6 Å². The summed E-state index contributed by atoms with van der Waals surface area (Å²) in [5.74, 6) is -0.522. The van der Waals surface area contributed by atoms with Crippen molar-refractivity contribution in [2.45, 2.75) is 50.6 Å². The van der Waals surface area contributed by atoms with Crippen LogP contribution in [-0.2, 0) is 11.0 Å². The predicted octanol–water partition coefficient (Wildman–Crippen LogP) is 4.71. The first-order chi connectivity index (χ1) is 9.98. The van der Waals surface area contributed by atoms with E-state index in [1.807, 2.05) is 0 Å². The quantitative estimate of drug-likeness (QED) is 0.747. The summed E-state index contributed by atoms with van der Waals surface area (Å²) in [6, 6.07) is 4.11. The summed E-state index contributed by atoms with van der Waals surface area (Å²) >= 11 is 0. The Morgan fingerprint density at radius 2 is 1.71 bits per heavy atom. The highest BCUT2D eigenvalue weighted by molar-refractivity contribution is 6.04. The molecule has 1 aromatic rings. The summed E-state index contributed by atoms with van der Waals surface area (Å²) in [5, 5.41) is 2.48. The van der Waals surface area contributed by atoms with Crippen molar-refractivity contribution >= 4 is 11.6 Å². The first kappa shape index (κ1) is 14.4. The summed E-state index contributed by atoms with van der Waals surface area (Å²) in [4.78, 5) is 12.2. The van der Waals surface area contributed by atoms with Crippen molar-refractivity contribution < 1.29 is 18.0 Å². The van der Waals surface area contributed by atoms with E-state index in [1.54, 1.807) is 6.07 Å². The van der Waals surface area contributed by atoms with Gasteiger partial charge in [-0.25, -0.2) is 0 Å². The van der Waals surface area contributed by atoms with Gasteiger partial charge in [0.05, 0.1) is 17.2 Å². The van der Waals surface area contributed by atoms with Crippen LogP contribution < -0.4 is 5.32 Å². The molecule has 1 unspecified atom stereocenters. The number of fused-ring (bicyclic) bond motifs is 1. The molecular weight excluding hydrogens is 279 g/mol. The number of benzene rings is 1. The maximum atomic E-state index is 13.1. The molecule has 1 fully saturated rings. The third-order valence-corrected chi connectivity index (χ3v) is 4.64. The maximum absolute atomic E-state index is 13.1. The number of anilines is 1. The second-order valence-corrected chi connectivity index (χ2v) is 5.99. The zero-order valence-electron chi connectivity index (χ0n) is 11.7. The molecular formula is C16H18F3NO. The SMILES string of the molecule is O=C1Nc2c(cccc2C(F)(F)F)C1C1CCCCCC1. The second kappa shape index (κ2) is 5.35. The molecule has 0 spiro atoms. The standard InChI is InChI=1S/C16H18F3NO/c17-16(18,19)12-9-5-8-11-13(15(21)20-14(11)12)10-6-3-1-2-4-7-10/h5,8-10,13H,1-4,6-7H2,(H,20,21).